The Morgan fingerprint density at radius 1 is 0.556 bits per heavy atom. The van der Waals surface area contributed by atoms with Gasteiger partial charge in [0.15, 0.2) is 0 Å². The van der Waals surface area contributed by atoms with Crippen LogP contribution in [0.4, 0.5) is 17.1 Å². The van der Waals surface area contributed by atoms with Crippen molar-refractivity contribution in [3.8, 4) is 11.3 Å². The first-order valence-corrected chi connectivity index (χ1v) is 13.7. The Kier molecular flexibility index (Phi) is 9.33. The molecule has 1 aromatic heterocycles. The molecular weight excluding hydrogens is 436 g/mol. The highest BCUT2D eigenvalue weighted by atomic mass is 15.1. The number of aryl methyl sites for hydroxylation is 3. The fourth-order valence-corrected chi connectivity index (χ4v) is 4.64. The molecule has 36 heavy (non-hydrogen) atoms. The molecule has 0 unspecified atom stereocenters. The van der Waals surface area contributed by atoms with Crippen LogP contribution in [0.25, 0.3) is 11.3 Å². The van der Waals surface area contributed by atoms with E-state index in [0.717, 1.165) is 41.2 Å². The SMILES string of the molecule is CCCCCc1ccc(N(c2ccc(CCCCC)cc2)c2ccc(-c3ccc(C)cc3)nc2)cc1. The Morgan fingerprint density at radius 2 is 1.06 bits per heavy atom. The quantitative estimate of drug-likeness (QED) is 0.189. The molecule has 0 spiro atoms. The highest BCUT2D eigenvalue weighted by Gasteiger charge is 2.14. The minimum atomic E-state index is 0.997. The predicted octanol–water partition coefficient (Wildman–Crippen LogP) is 9.99. The molecule has 2 heteroatoms. The van der Waals surface area contributed by atoms with Gasteiger partial charge in [-0.1, -0.05) is 93.6 Å². The first-order chi connectivity index (χ1) is 17.7. The maximum absolute atomic E-state index is 4.84. The summed E-state index contributed by atoms with van der Waals surface area (Å²) in [5, 5.41) is 0. The van der Waals surface area contributed by atoms with E-state index >= 15 is 0 Å². The maximum atomic E-state index is 4.84. The molecule has 0 aliphatic rings. The Bertz CT molecular complexity index is 1120. The fraction of sp³-hybridized carbons (Fsp3) is 0.324. The van der Waals surface area contributed by atoms with Crippen LogP contribution in [0.5, 0.6) is 0 Å². The van der Waals surface area contributed by atoms with Gasteiger partial charge in [-0.2, -0.15) is 0 Å². The van der Waals surface area contributed by atoms with Crippen molar-refractivity contribution in [2.24, 2.45) is 0 Å². The van der Waals surface area contributed by atoms with Gasteiger partial charge in [0, 0.05) is 16.9 Å². The largest absolute Gasteiger partial charge is 0.309 e. The van der Waals surface area contributed by atoms with Crippen molar-refractivity contribution < 1.29 is 0 Å². The number of nitrogens with zero attached hydrogens (tertiary/aromatic N) is 2. The second-order valence-corrected chi connectivity index (χ2v) is 9.85. The number of hydrogen-bond donors (Lipinski definition) is 0. The Morgan fingerprint density at radius 3 is 1.50 bits per heavy atom. The average molecular weight is 477 g/mol. The number of rotatable bonds is 12. The van der Waals surface area contributed by atoms with Crippen LogP contribution in [0, 0.1) is 6.92 Å². The summed E-state index contributed by atoms with van der Waals surface area (Å²) in [4.78, 5) is 7.16. The second-order valence-electron chi connectivity index (χ2n) is 9.85. The molecule has 0 bridgehead atoms. The fourth-order valence-electron chi connectivity index (χ4n) is 4.64. The summed E-state index contributed by atoms with van der Waals surface area (Å²) in [5.41, 5.74) is 9.62. The second kappa shape index (κ2) is 13.1. The normalized spacial score (nSPS) is 11.0. The molecule has 0 radical (unpaired) electrons. The zero-order valence-corrected chi connectivity index (χ0v) is 22.2. The molecule has 4 aromatic rings. The highest BCUT2D eigenvalue weighted by Crippen LogP contribution is 2.35. The van der Waals surface area contributed by atoms with E-state index in [2.05, 4.69) is 111 Å². The van der Waals surface area contributed by atoms with Crippen LogP contribution in [0.2, 0.25) is 0 Å². The summed E-state index contributed by atoms with van der Waals surface area (Å²) < 4.78 is 0. The molecule has 0 aliphatic carbocycles. The molecule has 3 aromatic carbocycles. The van der Waals surface area contributed by atoms with Crippen molar-refractivity contribution in [2.75, 3.05) is 4.90 Å². The third-order valence-corrected chi connectivity index (χ3v) is 6.88. The van der Waals surface area contributed by atoms with Gasteiger partial charge >= 0.3 is 0 Å². The van der Waals surface area contributed by atoms with Crippen molar-refractivity contribution in [1.29, 1.82) is 0 Å². The van der Waals surface area contributed by atoms with Gasteiger partial charge in [-0.15, -0.1) is 0 Å². The van der Waals surface area contributed by atoms with Gasteiger partial charge in [0.1, 0.15) is 0 Å². The first-order valence-electron chi connectivity index (χ1n) is 13.7. The summed E-state index contributed by atoms with van der Waals surface area (Å²) in [6, 6.07) is 31.0. The lowest BCUT2D eigenvalue weighted by atomic mass is 10.0. The van der Waals surface area contributed by atoms with Crippen LogP contribution in [0.1, 0.15) is 69.1 Å². The van der Waals surface area contributed by atoms with Gasteiger partial charge in [-0.05, 0) is 80.1 Å². The van der Waals surface area contributed by atoms with E-state index < -0.39 is 0 Å². The smallest absolute Gasteiger partial charge is 0.0703 e. The lowest BCUT2D eigenvalue weighted by Gasteiger charge is -2.26. The first kappa shape index (κ1) is 25.7. The zero-order valence-electron chi connectivity index (χ0n) is 22.2. The number of unbranched alkanes of at least 4 members (excludes halogenated alkanes) is 4. The Labute approximate surface area is 218 Å². The van der Waals surface area contributed by atoms with E-state index in [4.69, 9.17) is 4.98 Å². The third-order valence-electron chi connectivity index (χ3n) is 6.88. The van der Waals surface area contributed by atoms with E-state index in [9.17, 15) is 0 Å². The number of pyridine rings is 1. The molecular formula is C34H40N2. The van der Waals surface area contributed by atoms with Crippen molar-refractivity contribution in [3.05, 3.63) is 108 Å². The van der Waals surface area contributed by atoms with Crippen molar-refractivity contribution >= 4 is 17.1 Å². The van der Waals surface area contributed by atoms with E-state index in [0.29, 0.717) is 0 Å². The maximum Gasteiger partial charge on any atom is 0.0703 e. The van der Waals surface area contributed by atoms with Crippen LogP contribution in [0.3, 0.4) is 0 Å². The van der Waals surface area contributed by atoms with Gasteiger partial charge in [-0.25, -0.2) is 0 Å². The number of benzene rings is 3. The molecule has 0 fully saturated rings. The van der Waals surface area contributed by atoms with Crippen molar-refractivity contribution in [3.63, 3.8) is 0 Å². The molecule has 0 aliphatic heterocycles. The van der Waals surface area contributed by atoms with Gasteiger partial charge in [-0.3, -0.25) is 4.98 Å². The van der Waals surface area contributed by atoms with Gasteiger partial charge in [0.2, 0.25) is 0 Å². The van der Waals surface area contributed by atoms with Crippen LogP contribution in [0.15, 0.2) is 91.1 Å². The molecule has 0 saturated heterocycles. The summed E-state index contributed by atoms with van der Waals surface area (Å²) in [5.74, 6) is 0. The van der Waals surface area contributed by atoms with Gasteiger partial charge < -0.3 is 4.90 Å². The van der Waals surface area contributed by atoms with Crippen LogP contribution in [-0.2, 0) is 12.8 Å². The lowest BCUT2D eigenvalue weighted by molar-refractivity contribution is 0.717. The van der Waals surface area contributed by atoms with E-state index in [-0.39, 0.29) is 0 Å². The predicted molar refractivity (Wildman–Crippen MR) is 156 cm³/mol. The number of aromatic nitrogens is 1. The summed E-state index contributed by atoms with van der Waals surface area (Å²) >= 11 is 0. The molecule has 4 rings (SSSR count). The van der Waals surface area contributed by atoms with E-state index in [1.807, 2.05) is 6.20 Å². The van der Waals surface area contributed by atoms with Crippen molar-refractivity contribution in [2.45, 2.75) is 72.1 Å². The summed E-state index contributed by atoms with van der Waals surface area (Å²) in [6.45, 7) is 6.63. The zero-order chi connectivity index (χ0) is 25.2. The van der Waals surface area contributed by atoms with E-state index in [1.165, 1.54) is 55.2 Å². The van der Waals surface area contributed by atoms with Gasteiger partial charge in [0.25, 0.3) is 0 Å². The van der Waals surface area contributed by atoms with Crippen LogP contribution in [-0.4, -0.2) is 4.98 Å². The van der Waals surface area contributed by atoms with Crippen LogP contribution >= 0.6 is 0 Å². The Hall–Kier alpha value is -3.39. The van der Waals surface area contributed by atoms with E-state index in [1.54, 1.807) is 0 Å². The minimum absolute atomic E-state index is 0.997. The number of anilines is 3. The number of hydrogen-bond acceptors (Lipinski definition) is 2. The molecule has 186 valence electrons. The topological polar surface area (TPSA) is 16.1 Å². The highest BCUT2D eigenvalue weighted by molar-refractivity contribution is 5.77. The molecule has 0 atom stereocenters. The average Bonchev–Trinajstić information content (AvgIpc) is 2.92. The lowest BCUT2D eigenvalue weighted by Crippen LogP contribution is -2.10. The molecule has 1 heterocycles. The molecule has 0 N–H and O–H groups in total. The summed E-state index contributed by atoms with van der Waals surface area (Å²) in [6.07, 6.45) is 11.9. The minimum Gasteiger partial charge on any atom is -0.309 e. The Balaban J connectivity index is 1.62. The molecule has 2 nitrogen and oxygen atoms in total. The monoisotopic (exact) mass is 476 g/mol. The third kappa shape index (κ3) is 6.85. The van der Waals surface area contributed by atoms with Crippen LogP contribution < -0.4 is 4.90 Å². The van der Waals surface area contributed by atoms with Gasteiger partial charge in [0.05, 0.1) is 17.6 Å². The standard InChI is InChI=1S/C34H40N2/c1-4-6-8-10-28-14-20-31(21-15-28)36(32-22-16-29(17-23-32)11-9-7-5-2)33-24-25-34(35-26-33)30-18-12-27(3)13-19-30/h12-26H,4-11H2,1-3H3. The van der Waals surface area contributed by atoms with Crippen molar-refractivity contribution in [1.82, 2.24) is 4.98 Å². The summed E-state index contributed by atoms with van der Waals surface area (Å²) in [7, 11) is 0. The molecule has 0 saturated carbocycles. The molecule has 0 amide bonds.